The summed E-state index contributed by atoms with van der Waals surface area (Å²) in [5, 5.41) is 4.70. The van der Waals surface area contributed by atoms with Crippen molar-refractivity contribution in [1.29, 1.82) is 0 Å². The van der Waals surface area contributed by atoms with Crippen molar-refractivity contribution < 1.29 is 4.74 Å². The van der Waals surface area contributed by atoms with E-state index in [4.69, 9.17) is 4.74 Å². The van der Waals surface area contributed by atoms with Crippen LogP contribution in [-0.4, -0.2) is 24.7 Å². The van der Waals surface area contributed by atoms with Gasteiger partial charge in [-0.2, -0.15) is 0 Å². The summed E-state index contributed by atoms with van der Waals surface area (Å²) in [7, 11) is 0. The molecule has 0 unspecified atom stereocenters. The number of aryl methyl sites for hydroxylation is 1. The summed E-state index contributed by atoms with van der Waals surface area (Å²) in [5.41, 5.74) is 3.48. The van der Waals surface area contributed by atoms with Crippen molar-refractivity contribution in [1.82, 2.24) is 4.98 Å². The van der Waals surface area contributed by atoms with Crippen LogP contribution in [0.15, 0.2) is 30.5 Å². The molecule has 0 bridgehead atoms. The predicted octanol–water partition coefficient (Wildman–Crippen LogP) is 3.77. The monoisotopic (exact) mass is 270 g/mol. The van der Waals surface area contributed by atoms with Gasteiger partial charge in [0.05, 0.1) is 5.52 Å². The van der Waals surface area contributed by atoms with E-state index in [9.17, 15) is 0 Å². The summed E-state index contributed by atoms with van der Waals surface area (Å²) in [4.78, 5) is 4.40. The van der Waals surface area contributed by atoms with Crippen LogP contribution in [-0.2, 0) is 4.74 Å². The Morgan fingerprint density at radius 2 is 2.20 bits per heavy atom. The van der Waals surface area contributed by atoms with Gasteiger partial charge >= 0.3 is 0 Å². The van der Waals surface area contributed by atoms with Gasteiger partial charge in [-0.05, 0) is 50.3 Å². The highest BCUT2D eigenvalue weighted by Crippen LogP contribution is 2.28. The van der Waals surface area contributed by atoms with Gasteiger partial charge < -0.3 is 10.1 Å². The molecule has 1 heterocycles. The normalized spacial score (nSPS) is 14.7. The Bertz CT molecular complexity index is 578. The lowest BCUT2D eigenvalue weighted by atomic mass is 10.1. The molecule has 0 saturated heterocycles. The van der Waals surface area contributed by atoms with Crippen LogP contribution in [0.25, 0.3) is 10.9 Å². The minimum absolute atomic E-state index is 0.853. The first-order valence-electron chi connectivity index (χ1n) is 7.50. The van der Waals surface area contributed by atoms with Crippen LogP contribution in [0.3, 0.4) is 0 Å². The highest BCUT2D eigenvalue weighted by Gasteiger charge is 2.20. The summed E-state index contributed by atoms with van der Waals surface area (Å²) in [5.74, 6) is 0.857. The lowest BCUT2D eigenvalue weighted by Crippen LogP contribution is -2.07. The van der Waals surface area contributed by atoms with Crippen molar-refractivity contribution in [2.24, 2.45) is 5.92 Å². The second-order valence-corrected chi connectivity index (χ2v) is 5.68. The molecule has 1 fully saturated rings. The SMILES string of the molecule is Cc1ccc2nccc(NCCCOCC3CC3)c2c1. The van der Waals surface area contributed by atoms with Gasteiger partial charge in [-0.25, -0.2) is 0 Å². The first-order valence-corrected chi connectivity index (χ1v) is 7.50. The molecule has 0 atom stereocenters. The molecule has 1 saturated carbocycles. The Morgan fingerprint density at radius 3 is 3.05 bits per heavy atom. The molecule has 20 heavy (non-hydrogen) atoms. The first-order chi connectivity index (χ1) is 9.83. The molecule has 1 aromatic heterocycles. The highest BCUT2D eigenvalue weighted by atomic mass is 16.5. The number of hydrogen-bond donors (Lipinski definition) is 1. The molecular weight excluding hydrogens is 248 g/mol. The molecule has 1 N–H and O–H groups in total. The molecule has 0 spiro atoms. The lowest BCUT2D eigenvalue weighted by molar-refractivity contribution is 0.124. The Kier molecular flexibility index (Phi) is 4.16. The number of aromatic nitrogens is 1. The minimum Gasteiger partial charge on any atom is -0.384 e. The van der Waals surface area contributed by atoms with Crippen molar-refractivity contribution in [2.75, 3.05) is 25.1 Å². The molecule has 0 radical (unpaired) electrons. The highest BCUT2D eigenvalue weighted by molar-refractivity contribution is 5.91. The van der Waals surface area contributed by atoms with Crippen LogP contribution in [0.4, 0.5) is 5.69 Å². The van der Waals surface area contributed by atoms with E-state index in [0.29, 0.717) is 0 Å². The van der Waals surface area contributed by atoms with Gasteiger partial charge in [-0.1, -0.05) is 11.6 Å². The lowest BCUT2D eigenvalue weighted by Gasteiger charge is -2.10. The molecule has 2 aromatic rings. The third kappa shape index (κ3) is 3.48. The van der Waals surface area contributed by atoms with Crippen LogP contribution in [0.2, 0.25) is 0 Å². The standard InChI is InChI=1S/C17H22N2O/c1-13-3-6-16-15(11-13)17(7-9-19-16)18-8-2-10-20-12-14-4-5-14/h3,6-7,9,11,14H,2,4-5,8,10,12H2,1H3,(H,18,19). The Labute approximate surface area is 120 Å². The van der Waals surface area contributed by atoms with Gasteiger partial charge in [0.2, 0.25) is 0 Å². The number of pyridine rings is 1. The third-order valence-electron chi connectivity index (χ3n) is 3.73. The van der Waals surface area contributed by atoms with Gasteiger partial charge in [0.15, 0.2) is 0 Å². The zero-order valence-electron chi connectivity index (χ0n) is 12.1. The van der Waals surface area contributed by atoms with Crippen molar-refractivity contribution >= 4 is 16.6 Å². The predicted molar refractivity (Wildman–Crippen MR) is 83.1 cm³/mol. The van der Waals surface area contributed by atoms with Crippen molar-refractivity contribution in [3.63, 3.8) is 0 Å². The Hall–Kier alpha value is -1.61. The number of hydrogen-bond acceptors (Lipinski definition) is 3. The molecule has 0 aliphatic heterocycles. The van der Waals surface area contributed by atoms with E-state index >= 15 is 0 Å². The second kappa shape index (κ2) is 6.23. The Balaban J connectivity index is 1.52. The average molecular weight is 270 g/mol. The molecule has 3 nitrogen and oxygen atoms in total. The van der Waals surface area contributed by atoms with Crippen molar-refractivity contribution in [2.45, 2.75) is 26.2 Å². The van der Waals surface area contributed by atoms with Crippen LogP contribution < -0.4 is 5.32 Å². The van der Waals surface area contributed by atoms with E-state index in [2.05, 4.69) is 35.4 Å². The van der Waals surface area contributed by atoms with Gasteiger partial charge in [-0.3, -0.25) is 4.98 Å². The number of benzene rings is 1. The number of ether oxygens (including phenoxy) is 1. The number of anilines is 1. The van der Waals surface area contributed by atoms with Gasteiger partial charge in [0.1, 0.15) is 0 Å². The molecule has 3 heteroatoms. The van der Waals surface area contributed by atoms with E-state index in [1.165, 1.54) is 29.5 Å². The average Bonchev–Trinajstić information content (AvgIpc) is 3.27. The second-order valence-electron chi connectivity index (χ2n) is 5.68. The number of nitrogens with zero attached hydrogens (tertiary/aromatic N) is 1. The first kappa shape index (κ1) is 13.4. The smallest absolute Gasteiger partial charge is 0.0722 e. The van der Waals surface area contributed by atoms with Crippen molar-refractivity contribution in [3.05, 3.63) is 36.0 Å². The number of rotatable bonds is 7. The number of nitrogens with one attached hydrogen (secondary N) is 1. The van der Waals surface area contributed by atoms with Crippen molar-refractivity contribution in [3.8, 4) is 0 Å². The van der Waals surface area contributed by atoms with Crippen LogP contribution >= 0.6 is 0 Å². The van der Waals surface area contributed by atoms with E-state index in [0.717, 1.165) is 37.6 Å². The zero-order valence-corrected chi connectivity index (χ0v) is 12.1. The van der Waals surface area contributed by atoms with Crippen LogP contribution in [0, 0.1) is 12.8 Å². The van der Waals surface area contributed by atoms with Gasteiger partial charge in [0.25, 0.3) is 0 Å². The van der Waals surface area contributed by atoms with E-state index in [1.807, 2.05) is 12.3 Å². The van der Waals surface area contributed by atoms with E-state index in [-0.39, 0.29) is 0 Å². The maximum Gasteiger partial charge on any atom is 0.0722 e. The molecule has 1 aliphatic carbocycles. The quantitative estimate of drug-likeness (QED) is 0.778. The molecule has 1 aliphatic rings. The van der Waals surface area contributed by atoms with Crippen LogP contribution in [0.5, 0.6) is 0 Å². The summed E-state index contributed by atoms with van der Waals surface area (Å²) >= 11 is 0. The fraction of sp³-hybridized carbons (Fsp3) is 0.471. The number of fused-ring (bicyclic) bond motifs is 1. The fourth-order valence-electron chi connectivity index (χ4n) is 2.35. The molecular formula is C17H22N2O. The van der Waals surface area contributed by atoms with E-state index in [1.54, 1.807) is 0 Å². The maximum absolute atomic E-state index is 5.65. The summed E-state index contributed by atoms with van der Waals surface area (Å²) < 4.78 is 5.65. The Morgan fingerprint density at radius 1 is 1.30 bits per heavy atom. The molecule has 106 valence electrons. The van der Waals surface area contributed by atoms with Gasteiger partial charge in [0, 0.05) is 37.0 Å². The minimum atomic E-state index is 0.853. The zero-order chi connectivity index (χ0) is 13.8. The summed E-state index contributed by atoms with van der Waals surface area (Å²) in [6.45, 7) is 4.86. The van der Waals surface area contributed by atoms with Gasteiger partial charge in [-0.15, -0.1) is 0 Å². The maximum atomic E-state index is 5.65. The third-order valence-corrected chi connectivity index (χ3v) is 3.73. The van der Waals surface area contributed by atoms with Crippen LogP contribution in [0.1, 0.15) is 24.8 Å². The largest absolute Gasteiger partial charge is 0.384 e. The molecule has 0 amide bonds. The summed E-state index contributed by atoms with van der Waals surface area (Å²) in [6, 6.07) is 8.42. The summed E-state index contributed by atoms with van der Waals surface area (Å²) in [6.07, 6.45) is 5.63. The molecule has 3 rings (SSSR count). The fourth-order valence-corrected chi connectivity index (χ4v) is 2.35. The van der Waals surface area contributed by atoms with E-state index < -0.39 is 0 Å². The topological polar surface area (TPSA) is 34.2 Å². The molecule has 1 aromatic carbocycles.